The molecule has 0 radical (unpaired) electrons. The third-order valence-electron chi connectivity index (χ3n) is 3.64. The third kappa shape index (κ3) is 10.5. The number of anilines is 1. The Morgan fingerprint density at radius 3 is 2.58 bits per heavy atom. The number of nitrogens with one attached hydrogen (secondary N) is 1. The summed E-state index contributed by atoms with van der Waals surface area (Å²) < 4.78 is 18.3. The Morgan fingerprint density at radius 1 is 1.32 bits per heavy atom. The summed E-state index contributed by atoms with van der Waals surface area (Å²) in [7, 11) is -3.65. The highest BCUT2D eigenvalue weighted by Gasteiger charge is 2.21. The summed E-state index contributed by atoms with van der Waals surface area (Å²) in [4.78, 5) is 41.8. The minimum atomic E-state index is -3.65. The van der Waals surface area contributed by atoms with E-state index in [0.29, 0.717) is 12.8 Å². The highest BCUT2D eigenvalue weighted by atomic mass is 31.2. The average Bonchev–Trinajstić information content (AvgIpc) is 3.09. The number of nitrogens with zero attached hydrogens (tertiary/aromatic N) is 3. The molecule has 0 aliphatic carbocycles. The van der Waals surface area contributed by atoms with E-state index < -0.39 is 31.2 Å². The molecular weight excluding hydrogens is 429 g/mol. The zero-order chi connectivity index (χ0) is 24.0. The number of aromatic nitrogens is 4. The minimum Gasteiger partial charge on any atom is -0.481 e. The molecule has 0 fully saturated rings. The Hall–Kier alpha value is -2.27. The van der Waals surface area contributed by atoms with Gasteiger partial charge in [0.25, 0.3) is 5.56 Å². The van der Waals surface area contributed by atoms with Crippen LogP contribution in [0.1, 0.15) is 40.5 Å². The summed E-state index contributed by atoms with van der Waals surface area (Å²) in [6.07, 6.45) is 0.450. The molecule has 2 heterocycles. The van der Waals surface area contributed by atoms with Crippen LogP contribution in [0.2, 0.25) is 0 Å². The van der Waals surface area contributed by atoms with Crippen molar-refractivity contribution in [2.75, 3.05) is 31.3 Å². The van der Waals surface area contributed by atoms with Gasteiger partial charge in [-0.15, -0.1) is 0 Å². The van der Waals surface area contributed by atoms with Gasteiger partial charge in [-0.3, -0.25) is 19.1 Å². The fraction of sp³-hybridized carbons (Fsp3) is 0.667. The highest BCUT2D eigenvalue weighted by molar-refractivity contribution is 7.58. The number of fused-ring (bicyclic) bond motifs is 1. The first-order valence-electron chi connectivity index (χ1n) is 10.2. The number of H-pyrrole nitrogens is 1. The van der Waals surface area contributed by atoms with Gasteiger partial charge in [-0.25, -0.2) is 4.98 Å². The van der Waals surface area contributed by atoms with Crippen molar-refractivity contribution in [3.63, 3.8) is 0 Å². The quantitative estimate of drug-likeness (QED) is 0.239. The van der Waals surface area contributed by atoms with E-state index in [1.165, 1.54) is 10.9 Å². The molecular formula is C18H34N5O7P. The number of ether oxygens (including phenoxy) is 1. The van der Waals surface area contributed by atoms with Gasteiger partial charge in [-0.1, -0.05) is 27.7 Å². The Balaban J connectivity index is 0.00000212. The van der Waals surface area contributed by atoms with E-state index in [1.807, 2.05) is 27.7 Å². The molecule has 0 bridgehead atoms. The van der Waals surface area contributed by atoms with Gasteiger partial charge in [-0.05, 0) is 12.8 Å². The number of aromatic amines is 1. The first kappa shape index (κ1) is 28.7. The smallest absolute Gasteiger partial charge is 0.313 e. The monoisotopic (exact) mass is 463 g/mol. The summed E-state index contributed by atoms with van der Waals surface area (Å²) >= 11 is 0. The zero-order valence-electron chi connectivity index (χ0n) is 18.4. The van der Waals surface area contributed by atoms with Crippen LogP contribution in [-0.2, 0) is 20.6 Å². The standard InChI is InChI=1S/C14H22N5O7P.2C2H6/c15-14-17-12-11(13(23)18-14)16-8-19(12)5-9(20)6-26-3-1-2-4-27(24,25)7-10(21)22;2*1-2/h8-9,20H,1-7H2,(H,21,22)(H,24,25)(H3,15,17,18,23);2*1-2H3. The molecule has 2 atom stereocenters. The van der Waals surface area contributed by atoms with Crippen molar-refractivity contribution in [3.05, 3.63) is 16.7 Å². The highest BCUT2D eigenvalue weighted by Crippen LogP contribution is 2.40. The van der Waals surface area contributed by atoms with Crippen LogP contribution in [-0.4, -0.2) is 72.2 Å². The van der Waals surface area contributed by atoms with Crippen LogP contribution in [0.15, 0.2) is 11.1 Å². The van der Waals surface area contributed by atoms with Gasteiger partial charge in [-0.2, -0.15) is 4.98 Å². The predicted octanol–water partition coefficient (Wildman–Crippen LogP) is 1.27. The van der Waals surface area contributed by atoms with Gasteiger partial charge >= 0.3 is 5.97 Å². The van der Waals surface area contributed by atoms with Crippen LogP contribution >= 0.6 is 7.37 Å². The number of carboxylic acids is 1. The second kappa shape index (κ2) is 14.7. The molecule has 0 spiro atoms. The number of rotatable bonds is 11. The first-order valence-corrected chi connectivity index (χ1v) is 12.2. The molecule has 12 nitrogen and oxygen atoms in total. The Morgan fingerprint density at radius 2 is 1.97 bits per heavy atom. The number of carbonyl (C=O) groups is 1. The normalized spacial score (nSPS) is 13.4. The van der Waals surface area contributed by atoms with Crippen LogP contribution in [0.3, 0.4) is 0 Å². The largest absolute Gasteiger partial charge is 0.481 e. The zero-order valence-corrected chi connectivity index (χ0v) is 19.3. The number of aliphatic hydroxyl groups is 1. The van der Waals surface area contributed by atoms with Gasteiger partial charge in [0.15, 0.2) is 11.2 Å². The van der Waals surface area contributed by atoms with Crippen molar-refractivity contribution in [3.8, 4) is 0 Å². The lowest BCUT2D eigenvalue weighted by Crippen LogP contribution is -2.22. The van der Waals surface area contributed by atoms with Crippen molar-refractivity contribution in [2.45, 2.75) is 53.2 Å². The van der Waals surface area contributed by atoms with Crippen LogP contribution in [0.4, 0.5) is 5.95 Å². The van der Waals surface area contributed by atoms with Crippen molar-refractivity contribution in [1.29, 1.82) is 0 Å². The SMILES string of the molecule is CC.CC.Nc1nc2c(ncn2CC(O)COCCCCP(=O)(O)CC(=O)O)c(=O)[nH]1. The first-order chi connectivity index (χ1) is 14.7. The molecule has 0 aliphatic rings. The molecule has 2 rings (SSSR count). The number of nitrogen functional groups attached to an aromatic ring is 1. The van der Waals surface area contributed by atoms with E-state index in [-0.39, 0.29) is 43.0 Å². The lowest BCUT2D eigenvalue weighted by molar-refractivity contribution is -0.134. The van der Waals surface area contributed by atoms with Crippen LogP contribution in [0.25, 0.3) is 11.2 Å². The molecule has 2 unspecified atom stereocenters. The third-order valence-corrected chi connectivity index (χ3v) is 5.42. The molecule has 2 aromatic rings. The van der Waals surface area contributed by atoms with Crippen LogP contribution < -0.4 is 11.3 Å². The molecule has 0 aliphatic heterocycles. The second-order valence-electron chi connectivity index (χ2n) is 6.08. The minimum absolute atomic E-state index is 0.00422. The van der Waals surface area contributed by atoms with Gasteiger partial charge in [0.2, 0.25) is 13.3 Å². The average molecular weight is 463 g/mol. The van der Waals surface area contributed by atoms with Gasteiger partial charge < -0.3 is 30.1 Å². The maximum atomic E-state index is 11.7. The molecule has 2 aromatic heterocycles. The number of hydrogen-bond donors (Lipinski definition) is 5. The van der Waals surface area contributed by atoms with Crippen molar-refractivity contribution < 1.29 is 29.2 Å². The maximum Gasteiger partial charge on any atom is 0.313 e. The Labute approximate surface area is 180 Å². The number of aliphatic carboxylic acids is 1. The molecule has 0 saturated heterocycles. The topological polar surface area (TPSA) is 194 Å². The van der Waals surface area contributed by atoms with Crippen LogP contribution in [0, 0.1) is 0 Å². The molecule has 31 heavy (non-hydrogen) atoms. The lowest BCUT2D eigenvalue weighted by atomic mass is 10.3. The molecule has 0 saturated carbocycles. The van der Waals surface area contributed by atoms with Crippen LogP contribution in [0.5, 0.6) is 0 Å². The molecule has 0 amide bonds. The van der Waals surface area contributed by atoms with E-state index in [2.05, 4.69) is 15.0 Å². The number of nitrogens with two attached hydrogens (primary N) is 1. The fourth-order valence-electron chi connectivity index (χ4n) is 2.46. The second-order valence-corrected chi connectivity index (χ2v) is 8.53. The van der Waals surface area contributed by atoms with Gasteiger partial charge in [0, 0.05) is 12.8 Å². The molecule has 6 N–H and O–H groups in total. The molecule has 178 valence electrons. The van der Waals surface area contributed by atoms with E-state index in [4.69, 9.17) is 15.6 Å². The van der Waals surface area contributed by atoms with Gasteiger partial charge in [0.05, 0.1) is 25.6 Å². The van der Waals surface area contributed by atoms with Gasteiger partial charge in [0.1, 0.15) is 6.16 Å². The molecule has 13 heteroatoms. The Kier molecular flexibility index (Phi) is 13.6. The summed E-state index contributed by atoms with van der Waals surface area (Å²) in [5.41, 5.74) is 5.41. The van der Waals surface area contributed by atoms with Crippen molar-refractivity contribution in [2.24, 2.45) is 0 Å². The van der Waals surface area contributed by atoms with E-state index >= 15 is 0 Å². The van der Waals surface area contributed by atoms with Crippen molar-refractivity contribution in [1.82, 2.24) is 19.5 Å². The summed E-state index contributed by atoms with van der Waals surface area (Å²) in [6, 6.07) is 0. The number of carboxylic acid groups (broad SMARTS) is 1. The van der Waals surface area contributed by atoms with E-state index in [0.717, 1.165) is 0 Å². The van der Waals surface area contributed by atoms with Crippen molar-refractivity contribution >= 4 is 30.5 Å². The predicted molar refractivity (Wildman–Crippen MR) is 119 cm³/mol. The number of imidazole rings is 1. The summed E-state index contributed by atoms with van der Waals surface area (Å²) in [5, 5.41) is 18.6. The lowest BCUT2D eigenvalue weighted by Gasteiger charge is -2.13. The fourth-order valence-corrected chi connectivity index (χ4v) is 3.76. The summed E-state index contributed by atoms with van der Waals surface area (Å²) in [6.45, 7) is 8.35. The van der Waals surface area contributed by atoms with E-state index in [1.54, 1.807) is 0 Å². The molecule has 0 aromatic carbocycles. The summed E-state index contributed by atoms with van der Waals surface area (Å²) in [5.74, 6) is -1.35. The number of hydrogen-bond acceptors (Lipinski definition) is 8. The van der Waals surface area contributed by atoms with E-state index in [9.17, 15) is 24.2 Å². The number of unbranched alkanes of at least 4 members (excludes halogenated alkanes) is 1. The maximum absolute atomic E-state index is 11.7. The Bertz CT molecular complexity index is 899. The number of aliphatic hydroxyl groups excluding tert-OH is 1.